The summed E-state index contributed by atoms with van der Waals surface area (Å²) in [5.74, 6) is 0. The molecule has 0 fully saturated rings. The van der Waals surface area contributed by atoms with E-state index in [1.54, 1.807) is 0 Å². The first-order chi connectivity index (χ1) is 9.60. The largest absolute Gasteiger partial charge is 0.697 e. The molecule has 0 aromatic carbocycles. The van der Waals surface area contributed by atoms with E-state index in [2.05, 4.69) is 13.8 Å². The van der Waals surface area contributed by atoms with Gasteiger partial charge >= 0.3 is 8.25 Å². The highest BCUT2D eigenvalue weighted by molar-refractivity contribution is 7.33. The Hall–Kier alpha value is 0.0200. The van der Waals surface area contributed by atoms with Crippen molar-refractivity contribution in [3.63, 3.8) is 0 Å². The molecule has 0 aliphatic carbocycles. The van der Waals surface area contributed by atoms with Crippen LogP contribution < -0.4 is 0 Å². The molecule has 0 rings (SSSR count). The molecule has 0 spiro atoms. The van der Waals surface area contributed by atoms with Gasteiger partial charge in [-0.25, -0.2) is 0 Å². The van der Waals surface area contributed by atoms with Crippen LogP contribution in [0.15, 0.2) is 0 Å². The highest BCUT2D eigenvalue weighted by atomic mass is 31.1. The van der Waals surface area contributed by atoms with Gasteiger partial charge in [0.15, 0.2) is 0 Å². The highest BCUT2D eigenvalue weighted by Gasteiger charge is 2.27. The average molecular weight is 305 g/mol. The third-order valence-electron chi connectivity index (χ3n) is 3.46. The molecule has 120 valence electrons. The van der Waals surface area contributed by atoms with Crippen molar-refractivity contribution in [2.45, 2.75) is 104 Å². The molecule has 0 saturated heterocycles. The Labute approximate surface area is 126 Å². The van der Waals surface area contributed by atoms with E-state index in [9.17, 15) is 4.57 Å². The van der Waals surface area contributed by atoms with Crippen LogP contribution in [0.2, 0.25) is 0 Å². The highest BCUT2D eigenvalue weighted by Crippen LogP contribution is 2.30. The van der Waals surface area contributed by atoms with E-state index in [-0.39, 0.29) is 12.2 Å². The molecule has 2 unspecified atom stereocenters. The monoisotopic (exact) mass is 305 g/mol. The van der Waals surface area contributed by atoms with Crippen molar-refractivity contribution in [3.05, 3.63) is 0 Å². The maximum Gasteiger partial charge on any atom is 0.697 e. The first-order valence-electron chi connectivity index (χ1n) is 8.40. The second-order valence-corrected chi connectivity index (χ2v) is 6.62. The minimum atomic E-state index is -1.96. The molecular formula is C16H34O3P+. The predicted octanol–water partition coefficient (Wildman–Crippen LogP) is 6.39. The van der Waals surface area contributed by atoms with E-state index in [0.717, 1.165) is 25.7 Å². The minimum absolute atomic E-state index is 0.0303. The molecule has 0 saturated carbocycles. The summed E-state index contributed by atoms with van der Waals surface area (Å²) in [6.07, 6.45) is 11.8. The van der Waals surface area contributed by atoms with Crippen molar-refractivity contribution in [2.24, 2.45) is 0 Å². The molecule has 0 heterocycles. The predicted molar refractivity (Wildman–Crippen MR) is 86.2 cm³/mol. The number of hydrogen-bond acceptors (Lipinski definition) is 3. The number of unbranched alkanes of at least 4 members (excludes halogenated alkanes) is 6. The quantitative estimate of drug-likeness (QED) is 0.275. The van der Waals surface area contributed by atoms with Crippen molar-refractivity contribution in [2.75, 3.05) is 0 Å². The van der Waals surface area contributed by atoms with Gasteiger partial charge in [-0.05, 0) is 26.7 Å². The zero-order valence-electron chi connectivity index (χ0n) is 13.9. The molecule has 0 aliphatic heterocycles. The third kappa shape index (κ3) is 13.0. The summed E-state index contributed by atoms with van der Waals surface area (Å²) in [4.78, 5) is 0. The van der Waals surface area contributed by atoms with Gasteiger partial charge in [0, 0.05) is 4.57 Å². The number of rotatable bonds is 14. The van der Waals surface area contributed by atoms with Gasteiger partial charge in [-0.15, -0.1) is 9.05 Å². The third-order valence-corrected chi connectivity index (χ3v) is 4.52. The van der Waals surface area contributed by atoms with E-state index in [4.69, 9.17) is 9.05 Å². The summed E-state index contributed by atoms with van der Waals surface area (Å²) in [6, 6.07) is 0. The fourth-order valence-electron chi connectivity index (χ4n) is 2.14. The van der Waals surface area contributed by atoms with Gasteiger partial charge in [0.2, 0.25) is 0 Å². The molecule has 0 bridgehead atoms. The Morgan fingerprint density at radius 2 is 1.15 bits per heavy atom. The summed E-state index contributed by atoms with van der Waals surface area (Å²) in [7, 11) is -1.96. The van der Waals surface area contributed by atoms with Gasteiger partial charge in [0.1, 0.15) is 12.2 Å². The van der Waals surface area contributed by atoms with Crippen LogP contribution in [0.25, 0.3) is 0 Å². The second kappa shape index (κ2) is 14.0. The average Bonchev–Trinajstić information content (AvgIpc) is 2.39. The Kier molecular flexibility index (Phi) is 14.0. The van der Waals surface area contributed by atoms with Crippen LogP contribution in [0.4, 0.5) is 0 Å². The van der Waals surface area contributed by atoms with Crippen LogP contribution in [0.1, 0.15) is 91.9 Å². The molecule has 0 aromatic rings. The Balaban J connectivity index is 3.59. The molecule has 2 atom stereocenters. The smallest absolute Gasteiger partial charge is 0.116 e. The molecule has 0 aromatic heterocycles. The SMILES string of the molecule is CCCCCCC(C)O[P+](=O)OC(C)CCCCCC. The second-order valence-electron chi connectivity index (χ2n) is 5.75. The zero-order chi connectivity index (χ0) is 15.2. The van der Waals surface area contributed by atoms with Gasteiger partial charge in [0.05, 0.1) is 0 Å². The Bertz CT molecular complexity index is 212. The Morgan fingerprint density at radius 1 is 0.750 bits per heavy atom. The normalized spacial score (nSPS) is 15.1. The number of hydrogen-bond donors (Lipinski definition) is 0. The molecule has 0 N–H and O–H groups in total. The van der Waals surface area contributed by atoms with E-state index in [1.807, 2.05) is 13.8 Å². The lowest BCUT2D eigenvalue weighted by Crippen LogP contribution is -2.07. The fraction of sp³-hybridized carbons (Fsp3) is 1.00. The van der Waals surface area contributed by atoms with Crippen molar-refractivity contribution < 1.29 is 13.6 Å². The summed E-state index contributed by atoms with van der Waals surface area (Å²) >= 11 is 0. The summed E-state index contributed by atoms with van der Waals surface area (Å²) in [5, 5.41) is 0. The summed E-state index contributed by atoms with van der Waals surface area (Å²) in [5.41, 5.74) is 0. The van der Waals surface area contributed by atoms with E-state index in [1.165, 1.54) is 38.5 Å². The maximum absolute atomic E-state index is 11.7. The maximum atomic E-state index is 11.7. The Morgan fingerprint density at radius 3 is 1.50 bits per heavy atom. The molecule has 20 heavy (non-hydrogen) atoms. The van der Waals surface area contributed by atoms with Gasteiger partial charge in [0.25, 0.3) is 0 Å². The van der Waals surface area contributed by atoms with Gasteiger partial charge in [-0.2, -0.15) is 0 Å². The van der Waals surface area contributed by atoms with Crippen LogP contribution in [0, 0.1) is 0 Å². The standard InChI is InChI=1S/C16H34O3P/c1-5-7-9-11-13-15(3)18-20(17)19-16(4)14-12-10-8-6-2/h15-16H,5-14H2,1-4H3/q+1. The fourth-order valence-corrected chi connectivity index (χ4v) is 2.99. The van der Waals surface area contributed by atoms with Crippen LogP contribution >= 0.6 is 8.25 Å². The first-order valence-corrected chi connectivity index (χ1v) is 9.50. The van der Waals surface area contributed by atoms with Crippen LogP contribution in [-0.2, 0) is 13.6 Å². The minimum Gasteiger partial charge on any atom is -0.116 e. The first kappa shape index (κ1) is 20.0. The molecule has 3 nitrogen and oxygen atoms in total. The van der Waals surface area contributed by atoms with E-state index in [0.29, 0.717) is 0 Å². The van der Waals surface area contributed by atoms with Crippen molar-refractivity contribution in [3.8, 4) is 0 Å². The van der Waals surface area contributed by atoms with Crippen molar-refractivity contribution >= 4 is 8.25 Å². The van der Waals surface area contributed by atoms with Gasteiger partial charge < -0.3 is 0 Å². The molecule has 0 amide bonds. The van der Waals surface area contributed by atoms with Gasteiger partial charge in [-0.1, -0.05) is 65.2 Å². The van der Waals surface area contributed by atoms with E-state index < -0.39 is 8.25 Å². The molecule has 0 aliphatic rings. The lowest BCUT2D eigenvalue weighted by atomic mass is 10.1. The lowest BCUT2D eigenvalue weighted by Gasteiger charge is -2.06. The molecular weight excluding hydrogens is 271 g/mol. The zero-order valence-corrected chi connectivity index (χ0v) is 14.8. The van der Waals surface area contributed by atoms with Gasteiger partial charge in [-0.3, -0.25) is 0 Å². The topological polar surface area (TPSA) is 35.5 Å². The van der Waals surface area contributed by atoms with Crippen LogP contribution in [0.5, 0.6) is 0 Å². The van der Waals surface area contributed by atoms with E-state index >= 15 is 0 Å². The van der Waals surface area contributed by atoms with Crippen molar-refractivity contribution in [1.82, 2.24) is 0 Å². The summed E-state index contributed by atoms with van der Waals surface area (Å²) in [6.45, 7) is 8.36. The van der Waals surface area contributed by atoms with Crippen LogP contribution in [-0.4, -0.2) is 12.2 Å². The molecule has 4 heteroatoms. The summed E-state index contributed by atoms with van der Waals surface area (Å²) < 4.78 is 22.6. The molecule has 0 radical (unpaired) electrons. The van der Waals surface area contributed by atoms with Crippen molar-refractivity contribution in [1.29, 1.82) is 0 Å². The van der Waals surface area contributed by atoms with Crippen LogP contribution in [0.3, 0.4) is 0 Å². The lowest BCUT2D eigenvalue weighted by molar-refractivity contribution is 0.133.